The van der Waals surface area contributed by atoms with Gasteiger partial charge in [0.05, 0.1) is 18.7 Å². The molecule has 1 saturated heterocycles. The second kappa shape index (κ2) is 6.43. The molecule has 7 heteroatoms. The highest BCUT2D eigenvalue weighted by Crippen LogP contribution is 2.16. The molecule has 0 aromatic carbocycles. The summed E-state index contributed by atoms with van der Waals surface area (Å²) in [4.78, 5) is 24.4. The number of nitrogens with zero attached hydrogens (tertiary/aromatic N) is 1. The largest absolute Gasteiger partial charge is 0.444 e. The molecule has 6 nitrogen and oxygen atoms in total. The van der Waals surface area contributed by atoms with Crippen molar-refractivity contribution in [2.45, 2.75) is 44.9 Å². The lowest BCUT2D eigenvalue weighted by Crippen LogP contribution is -2.56. The minimum absolute atomic E-state index is 0.140. The Balaban J connectivity index is 2.49. The number of hydrogen-bond donors (Lipinski definition) is 2. The number of alkyl halides is 1. The second-order valence-corrected chi connectivity index (χ2v) is 5.86. The molecule has 0 spiro atoms. The Morgan fingerprint density at radius 3 is 2.58 bits per heavy atom. The molecule has 1 aliphatic rings. The second-order valence-electron chi connectivity index (χ2n) is 5.59. The van der Waals surface area contributed by atoms with Gasteiger partial charge < -0.3 is 20.1 Å². The summed E-state index contributed by atoms with van der Waals surface area (Å²) in [5.74, 6) is -0.463. The zero-order valence-corrected chi connectivity index (χ0v) is 12.2. The molecule has 110 valence electrons. The number of aliphatic hydroxyl groups excluding tert-OH is 1. The minimum Gasteiger partial charge on any atom is -0.444 e. The molecule has 2 atom stereocenters. The fourth-order valence-corrected chi connectivity index (χ4v) is 1.91. The molecule has 0 aromatic heterocycles. The van der Waals surface area contributed by atoms with Gasteiger partial charge in [-0.2, -0.15) is 0 Å². The average Bonchev–Trinajstić information content (AvgIpc) is 2.29. The molecule has 0 radical (unpaired) electrons. The van der Waals surface area contributed by atoms with Crippen molar-refractivity contribution >= 4 is 23.6 Å². The molecular formula is C12H21ClN2O4. The zero-order valence-electron chi connectivity index (χ0n) is 11.5. The number of rotatable bonds is 2. The maximum Gasteiger partial charge on any atom is 0.410 e. The van der Waals surface area contributed by atoms with E-state index in [0.29, 0.717) is 13.0 Å². The summed E-state index contributed by atoms with van der Waals surface area (Å²) < 4.78 is 5.23. The molecular weight excluding hydrogens is 272 g/mol. The Hall–Kier alpha value is -1.01. The summed E-state index contributed by atoms with van der Waals surface area (Å²) in [6.07, 6.45) is -0.787. The number of halogens is 1. The lowest BCUT2D eigenvalue weighted by atomic mass is 10.0. The number of piperidine rings is 1. The average molecular weight is 293 g/mol. The van der Waals surface area contributed by atoms with E-state index in [1.165, 1.54) is 4.90 Å². The van der Waals surface area contributed by atoms with Crippen LogP contribution in [0.5, 0.6) is 0 Å². The maximum absolute atomic E-state index is 11.8. The Morgan fingerprint density at radius 1 is 1.47 bits per heavy atom. The van der Waals surface area contributed by atoms with Crippen LogP contribution in [0.3, 0.4) is 0 Å². The first kappa shape index (κ1) is 16.0. The molecule has 1 rings (SSSR count). The van der Waals surface area contributed by atoms with Crippen molar-refractivity contribution in [1.29, 1.82) is 0 Å². The fraction of sp³-hybridized carbons (Fsp3) is 0.833. The summed E-state index contributed by atoms with van der Waals surface area (Å²) in [7, 11) is 0. The van der Waals surface area contributed by atoms with Crippen LogP contribution in [0, 0.1) is 0 Å². The van der Waals surface area contributed by atoms with Gasteiger partial charge in [-0.15, -0.1) is 11.6 Å². The summed E-state index contributed by atoms with van der Waals surface area (Å²) >= 11 is 5.39. The summed E-state index contributed by atoms with van der Waals surface area (Å²) in [6.45, 7) is 5.93. The lowest BCUT2D eigenvalue weighted by Gasteiger charge is -2.36. The van der Waals surface area contributed by atoms with Crippen LogP contribution < -0.4 is 5.32 Å². The van der Waals surface area contributed by atoms with Gasteiger partial charge in [-0.1, -0.05) is 0 Å². The first-order chi connectivity index (χ1) is 8.73. The molecule has 2 N–H and O–H groups in total. The van der Waals surface area contributed by atoms with Crippen molar-refractivity contribution in [1.82, 2.24) is 10.2 Å². The summed E-state index contributed by atoms with van der Waals surface area (Å²) in [5, 5.41) is 12.6. The van der Waals surface area contributed by atoms with Crippen LogP contribution in [0.2, 0.25) is 0 Å². The predicted molar refractivity (Wildman–Crippen MR) is 71.1 cm³/mol. The molecule has 19 heavy (non-hydrogen) atoms. The van der Waals surface area contributed by atoms with Gasteiger partial charge in [-0.25, -0.2) is 4.79 Å². The van der Waals surface area contributed by atoms with Crippen LogP contribution >= 0.6 is 11.6 Å². The van der Waals surface area contributed by atoms with Gasteiger partial charge in [0.2, 0.25) is 5.91 Å². The number of nitrogens with one attached hydrogen (secondary N) is 1. The Bertz CT molecular complexity index is 343. The van der Waals surface area contributed by atoms with E-state index in [1.54, 1.807) is 20.8 Å². The highest BCUT2D eigenvalue weighted by Gasteiger charge is 2.32. The molecule has 0 aliphatic carbocycles. The van der Waals surface area contributed by atoms with E-state index in [9.17, 15) is 14.7 Å². The molecule has 2 amide bonds. The zero-order chi connectivity index (χ0) is 14.6. The molecule has 0 aromatic rings. The monoisotopic (exact) mass is 292 g/mol. The summed E-state index contributed by atoms with van der Waals surface area (Å²) in [6, 6.07) is -0.370. The van der Waals surface area contributed by atoms with Gasteiger partial charge in [0.15, 0.2) is 0 Å². The number of carbonyl (C=O) groups is 2. The molecule has 0 saturated carbocycles. The van der Waals surface area contributed by atoms with Gasteiger partial charge in [0.1, 0.15) is 11.5 Å². The Labute approximate surface area is 118 Å². The van der Waals surface area contributed by atoms with E-state index >= 15 is 0 Å². The van der Waals surface area contributed by atoms with E-state index < -0.39 is 17.8 Å². The number of hydrogen-bond acceptors (Lipinski definition) is 4. The number of amides is 2. The number of carbonyl (C=O) groups excluding carboxylic acids is 2. The van der Waals surface area contributed by atoms with Crippen molar-refractivity contribution in [3.05, 3.63) is 0 Å². The van der Waals surface area contributed by atoms with Crippen LogP contribution in [0.1, 0.15) is 27.2 Å². The third-order valence-corrected chi connectivity index (χ3v) is 2.94. The first-order valence-electron chi connectivity index (χ1n) is 6.24. The smallest absolute Gasteiger partial charge is 0.410 e. The van der Waals surface area contributed by atoms with E-state index in [-0.39, 0.29) is 24.4 Å². The van der Waals surface area contributed by atoms with E-state index in [1.807, 2.05) is 0 Å². The highest BCUT2D eigenvalue weighted by molar-refractivity contribution is 6.27. The topological polar surface area (TPSA) is 78.9 Å². The third kappa shape index (κ3) is 5.24. The summed E-state index contributed by atoms with van der Waals surface area (Å²) in [5.41, 5.74) is -0.564. The van der Waals surface area contributed by atoms with Crippen molar-refractivity contribution in [2.24, 2.45) is 0 Å². The van der Waals surface area contributed by atoms with Gasteiger partial charge in [0, 0.05) is 6.54 Å². The first-order valence-corrected chi connectivity index (χ1v) is 6.77. The SMILES string of the molecule is CC(C)(C)OC(=O)N1CCC(NC(=O)CCl)C(O)C1. The number of β-amino-alcohol motifs (C(OH)–C–C–N with tert-alkyl or cyclic N) is 1. The quantitative estimate of drug-likeness (QED) is 0.735. The van der Waals surface area contributed by atoms with Crippen LogP contribution in [-0.2, 0) is 9.53 Å². The number of ether oxygens (including phenoxy) is 1. The molecule has 0 bridgehead atoms. The Kier molecular flexibility index (Phi) is 5.43. The minimum atomic E-state index is -0.812. The van der Waals surface area contributed by atoms with E-state index in [2.05, 4.69) is 5.32 Å². The number of aliphatic hydroxyl groups is 1. The highest BCUT2D eigenvalue weighted by atomic mass is 35.5. The normalized spacial score (nSPS) is 23.9. The van der Waals surface area contributed by atoms with Crippen LogP contribution in [0.4, 0.5) is 4.79 Å². The maximum atomic E-state index is 11.8. The van der Waals surface area contributed by atoms with Crippen molar-refractivity contribution < 1.29 is 19.4 Å². The molecule has 1 fully saturated rings. The van der Waals surface area contributed by atoms with Crippen LogP contribution in [0.25, 0.3) is 0 Å². The van der Waals surface area contributed by atoms with Crippen LogP contribution in [0.15, 0.2) is 0 Å². The van der Waals surface area contributed by atoms with Gasteiger partial charge in [-0.3, -0.25) is 4.79 Å². The van der Waals surface area contributed by atoms with Gasteiger partial charge in [-0.05, 0) is 27.2 Å². The van der Waals surface area contributed by atoms with Crippen molar-refractivity contribution in [3.8, 4) is 0 Å². The van der Waals surface area contributed by atoms with Crippen molar-refractivity contribution in [2.75, 3.05) is 19.0 Å². The van der Waals surface area contributed by atoms with E-state index in [0.717, 1.165) is 0 Å². The van der Waals surface area contributed by atoms with Crippen LogP contribution in [-0.4, -0.2) is 58.7 Å². The molecule has 1 aliphatic heterocycles. The van der Waals surface area contributed by atoms with Gasteiger partial charge in [0.25, 0.3) is 0 Å². The Morgan fingerprint density at radius 2 is 2.11 bits per heavy atom. The third-order valence-electron chi connectivity index (χ3n) is 2.70. The molecule has 2 unspecified atom stereocenters. The van der Waals surface area contributed by atoms with Crippen molar-refractivity contribution in [3.63, 3.8) is 0 Å². The van der Waals surface area contributed by atoms with Gasteiger partial charge >= 0.3 is 6.09 Å². The lowest BCUT2D eigenvalue weighted by molar-refractivity contribution is -0.120. The predicted octanol–water partition coefficient (Wildman–Crippen LogP) is 0.712. The number of likely N-dealkylation sites (tertiary alicyclic amines) is 1. The molecule has 1 heterocycles. The standard InChI is InChI=1S/C12H21ClN2O4/c1-12(2,3)19-11(18)15-5-4-8(9(16)7-15)14-10(17)6-13/h8-9,16H,4-7H2,1-3H3,(H,14,17). The fourth-order valence-electron chi connectivity index (χ4n) is 1.84. The van der Waals surface area contributed by atoms with E-state index in [4.69, 9.17) is 16.3 Å².